The van der Waals surface area contributed by atoms with E-state index in [4.69, 9.17) is 0 Å². The Morgan fingerprint density at radius 2 is 2.22 bits per heavy atom. The van der Waals surface area contributed by atoms with Crippen LogP contribution in [0, 0.1) is 5.92 Å². The molecule has 1 aromatic carbocycles. The van der Waals surface area contributed by atoms with E-state index < -0.39 is 0 Å². The van der Waals surface area contributed by atoms with Crippen molar-refractivity contribution in [2.24, 2.45) is 5.92 Å². The van der Waals surface area contributed by atoms with Crippen LogP contribution in [0.4, 0.5) is 0 Å². The number of nitrogens with one attached hydrogen (secondary N) is 1. The third-order valence-electron chi connectivity index (χ3n) is 3.54. The summed E-state index contributed by atoms with van der Waals surface area (Å²) in [5.74, 6) is 0.335. The van der Waals surface area contributed by atoms with E-state index in [0.29, 0.717) is 0 Å². The Morgan fingerprint density at radius 3 is 3.06 bits per heavy atom. The normalized spacial score (nSPS) is 19.9. The van der Waals surface area contributed by atoms with E-state index in [-0.39, 0.29) is 11.7 Å². The van der Waals surface area contributed by atoms with Crippen molar-refractivity contribution in [3.05, 3.63) is 42.1 Å². The number of ketones is 1. The minimum atomic E-state index is 0.113. The van der Waals surface area contributed by atoms with Gasteiger partial charge in [-0.05, 0) is 31.5 Å². The average molecular weight is 240 g/mol. The van der Waals surface area contributed by atoms with E-state index >= 15 is 0 Å². The zero-order valence-electron chi connectivity index (χ0n) is 10.2. The average Bonchev–Trinajstić information content (AvgIpc) is 2.47. The molecule has 1 aromatic heterocycles. The molecule has 1 atom stereocenters. The summed E-state index contributed by atoms with van der Waals surface area (Å²) < 4.78 is 0. The Kier molecular flexibility index (Phi) is 3.07. The van der Waals surface area contributed by atoms with E-state index in [2.05, 4.69) is 10.3 Å². The highest BCUT2D eigenvalue weighted by Gasteiger charge is 2.22. The van der Waals surface area contributed by atoms with Gasteiger partial charge in [-0.3, -0.25) is 9.78 Å². The van der Waals surface area contributed by atoms with Gasteiger partial charge in [-0.2, -0.15) is 0 Å². The van der Waals surface area contributed by atoms with Gasteiger partial charge in [0.1, 0.15) is 0 Å². The minimum Gasteiger partial charge on any atom is -0.316 e. The molecule has 0 saturated carbocycles. The number of nitrogens with zero attached hydrogens (tertiary/aromatic N) is 1. The maximum atomic E-state index is 12.4. The van der Waals surface area contributed by atoms with Gasteiger partial charge in [-0.1, -0.05) is 18.2 Å². The molecule has 0 radical (unpaired) electrons. The summed E-state index contributed by atoms with van der Waals surface area (Å²) >= 11 is 0. The van der Waals surface area contributed by atoms with Crippen molar-refractivity contribution < 1.29 is 4.79 Å². The van der Waals surface area contributed by atoms with E-state index in [1.54, 1.807) is 6.20 Å². The van der Waals surface area contributed by atoms with Gasteiger partial charge in [0.25, 0.3) is 0 Å². The van der Waals surface area contributed by atoms with Crippen LogP contribution in [0.3, 0.4) is 0 Å². The molecule has 1 unspecified atom stereocenters. The smallest absolute Gasteiger partial charge is 0.168 e. The van der Waals surface area contributed by atoms with E-state index in [1.165, 1.54) is 0 Å². The number of rotatable bonds is 2. The molecule has 0 spiro atoms. The fourth-order valence-electron chi connectivity index (χ4n) is 2.52. The molecule has 18 heavy (non-hydrogen) atoms. The van der Waals surface area contributed by atoms with E-state index in [9.17, 15) is 4.79 Å². The molecule has 0 bridgehead atoms. The number of benzene rings is 1. The number of aromatic nitrogens is 1. The Bertz CT molecular complexity index is 573. The van der Waals surface area contributed by atoms with Crippen molar-refractivity contribution in [2.45, 2.75) is 12.8 Å². The van der Waals surface area contributed by atoms with Gasteiger partial charge in [0.05, 0.1) is 5.52 Å². The number of carbonyl (C=O) groups is 1. The molecule has 2 heterocycles. The first-order valence-electron chi connectivity index (χ1n) is 6.44. The molecule has 3 nitrogen and oxygen atoms in total. The Hall–Kier alpha value is -1.74. The SMILES string of the molecule is O=C(c1cnc2ccccc2c1)C1CCCNC1. The first-order valence-corrected chi connectivity index (χ1v) is 6.44. The Labute approximate surface area is 106 Å². The van der Waals surface area contributed by atoms with Crippen molar-refractivity contribution in [1.82, 2.24) is 10.3 Å². The zero-order valence-corrected chi connectivity index (χ0v) is 10.2. The van der Waals surface area contributed by atoms with Crippen molar-refractivity contribution in [3.8, 4) is 0 Å². The second-order valence-corrected chi connectivity index (χ2v) is 4.82. The number of hydrogen-bond donors (Lipinski definition) is 1. The van der Waals surface area contributed by atoms with Crippen LogP contribution in [0.5, 0.6) is 0 Å². The number of piperidine rings is 1. The highest BCUT2D eigenvalue weighted by molar-refractivity contribution is 6.00. The van der Waals surface area contributed by atoms with Gasteiger partial charge in [0.2, 0.25) is 0 Å². The van der Waals surface area contributed by atoms with Crippen LogP contribution in [0.2, 0.25) is 0 Å². The van der Waals surface area contributed by atoms with Gasteiger partial charge in [0.15, 0.2) is 5.78 Å². The second-order valence-electron chi connectivity index (χ2n) is 4.82. The molecule has 0 amide bonds. The van der Waals surface area contributed by atoms with Gasteiger partial charge in [-0.25, -0.2) is 0 Å². The van der Waals surface area contributed by atoms with Crippen LogP contribution in [-0.4, -0.2) is 23.9 Å². The maximum absolute atomic E-state index is 12.4. The lowest BCUT2D eigenvalue weighted by atomic mass is 9.91. The third kappa shape index (κ3) is 2.14. The summed E-state index contributed by atoms with van der Waals surface area (Å²) in [6, 6.07) is 9.85. The monoisotopic (exact) mass is 240 g/mol. The van der Waals surface area contributed by atoms with Crippen molar-refractivity contribution in [2.75, 3.05) is 13.1 Å². The third-order valence-corrected chi connectivity index (χ3v) is 3.54. The molecule has 3 heteroatoms. The van der Waals surface area contributed by atoms with Crippen molar-refractivity contribution in [1.29, 1.82) is 0 Å². The predicted octanol–water partition coefficient (Wildman–Crippen LogP) is 2.42. The summed E-state index contributed by atoms with van der Waals surface area (Å²) in [5, 5.41) is 4.32. The van der Waals surface area contributed by atoms with Crippen LogP contribution in [-0.2, 0) is 0 Å². The number of pyridine rings is 1. The van der Waals surface area contributed by atoms with Crippen LogP contribution in [0.1, 0.15) is 23.2 Å². The molecule has 1 N–H and O–H groups in total. The fraction of sp³-hybridized carbons (Fsp3) is 0.333. The van der Waals surface area contributed by atoms with Gasteiger partial charge >= 0.3 is 0 Å². The van der Waals surface area contributed by atoms with Gasteiger partial charge in [-0.15, -0.1) is 0 Å². The highest BCUT2D eigenvalue weighted by Crippen LogP contribution is 2.19. The van der Waals surface area contributed by atoms with Crippen LogP contribution < -0.4 is 5.32 Å². The van der Waals surface area contributed by atoms with E-state index in [1.807, 2.05) is 30.3 Å². The molecular formula is C15H16N2O. The largest absolute Gasteiger partial charge is 0.316 e. The molecule has 2 aromatic rings. The first-order chi connectivity index (χ1) is 8.84. The van der Waals surface area contributed by atoms with Gasteiger partial charge < -0.3 is 5.32 Å². The number of hydrogen-bond acceptors (Lipinski definition) is 3. The molecule has 1 fully saturated rings. The molecule has 0 aliphatic carbocycles. The molecule has 92 valence electrons. The molecule has 1 aliphatic heterocycles. The Balaban J connectivity index is 1.91. The number of para-hydroxylation sites is 1. The molecule has 1 saturated heterocycles. The standard InChI is InChI=1S/C15H16N2O/c18-15(12-5-3-7-16-9-12)13-8-11-4-1-2-6-14(11)17-10-13/h1-2,4,6,8,10,12,16H,3,5,7,9H2. The summed E-state index contributed by atoms with van der Waals surface area (Å²) in [5.41, 5.74) is 1.68. The zero-order chi connectivity index (χ0) is 12.4. The summed E-state index contributed by atoms with van der Waals surface area (Å²) in [6.45, 7) is 1.82. The molecule has 1 aliphatic rings. The lowest BCUT2D eigenvalue weighted by molar-refractivity contribution is 0.0899. The van der Waals surface area contributed by atoms with Crippen molar-refractivity contribution >= 4 is 16.7 Å². The number of fused-ring (bicyclic) bond motifs is 1. The fourth-order valence-corrected chi connectivity index (χ4v) is 2.52. The van der Waals surface area contributed by atoms with E-state index in [0.717, 1.165) is 42.4 Å². The van der Waals surface area contributed by atoms with Gasteiger partial charge in [0, 0.05) is 29.6 Å². The van der Waals surface area contributed by atoms with Crippen molar-refractivity contribution in [3.63, 3.8) is 0 Å². The van der Waals surface area contributed by atoms with Crippen LogP contribution in [0.25, 0.3) is 10.9 Å². The quantitative estimate of drug-likeness (QED) is 0.820. The first kappa shape index (κ1) is 11.4. The molecular weight excluding hydrogens is 224 g/mol. The lowest BCUT2D eigenvalue weighted by Gasteiger charge is -2.21. The molecule has 3 rings (SSSR count). The summed E-state index contributed by atoms with van der Waals surface area (Å²) in [4.78, 5) is 16.7. The highest BCUT2D eigenvalue weighted by atomic mass is 16.1. The number of Topliss-reactive ketones (excluding diaryl/α,β-unsaturated/α-hetero) is 1. The Morgan fingerprint density at radius 1 is 1.33 bits per heavy atom. The van der Waals surface area contributed by atoms with Crippen LogP contribution >= 0.6 is 0 Å². The maximum Gasteiger partial charge on any atom is 0.168 e. The minimum absolute atomic E-state index is 0.113. The summed E-state index contributed by atoms with van der Waals surface area (Å²) in [7, 11) is 0. The van der Waals surface area contributed by atoms with Crippen LogP contribution in [0.15, 0.2) is 36.5 Å². The topological polar surface area (TPSA) is 42.0 Å². The summed E-state index contributed by atoms with van der Waals surface area (Å²) in [6.07, 6.45) is 3.77. The lowest BCUT2D eigenvalue weighted by Crippen LogP contribution is -2.34. The number of carbonyl (C=O) groups excluding carboxylic acids is 1. The predicted molar refractivity (Wildman–Crippen MR) is 71.7 cm³/mol. The second kappa shape index (κ2) is 4.86.